The molecule has 2 N–H and O–H groups in total. The number of aromatic amines is 1. The van der Waals surface area contributed by atoms with Crippen molar-refractivity contribution in [1.29, 1.82) is 0 Å². The van der Waals surface area contributed by atoms with Gasteiger partial charge in [0.05, 0.1) is 4.92 Å². The molecule has 8 heteroatoms. The van der Waals surface area contributed by atoms with E-state index < -0.39 is 10.8 Å². The topological polar surface area (TPSA) is 105 Å². The third-order valence-corrected chi connectivity index (χ3v) is 2.81. The Kier molecular flexibility index (Phi) is 3.81. The molecular weight excluding hydrogens is 286 g/mol. The van der Waals surface area contributed by atoms with E-state index in [9.17, 15) is 19.7 Å². The normalized spacial score (nSPS) is 10.1. The number of rotatable bonds is 4. The number of benzene rings is 1. The van der Waals surface area contributed by atoms with Crippen molar-refractivity contribution >= 4 is 35.2 Å². The molecule has 1 aromatic carbocycles. The number of nitrogens with one attached hydrogen (secondary N) is 2. The number of carbonyl (C=O) groups excluding carboxylic acids is 2. The molecule has 0 spiro atoms. The number of aldehydes is 1. The van der Waals surface area contributed by atoms with E-state index in [4.69, 9.17) is 11.6 Å². The van der Waals surface area contributed by atoms with Crippen LogP contribution in [0.25, 0.3) is 0 Å². The lowest BCUT2D eigenvalue weighted by atomic mass is 10.2. The lowest BCUT2D eigenvalue weighted by Crippen LogP contribution is -2.12. The van der Waals surface area contributed by atoms with E-state index in [1.54, 1.807) is 0 Å². The molecule has 1 amide bonds. The number of halogens is 1. The molecule has 0 aliphatic heterocycles. The molecule has 1 heterocycles. The van der Waals surface area contributed by atoms with Crippen molar-refractivity contribution in [3.05, 3.63) is 56.9 Å². The first kappa shape index (κ1) is 13.8. The highest BCUT2D eigenvalue weighted by Gasteiger charge is 2.15. The maximum absolute atomic E-state index is 11.8. The number of anilines is 1. The van der Waals surface area contributed by atoms with E-state index in [0.717, 1.165) is 6.07 Å². The highest BCUT2D eigenvalue weighted by Crippen LogP contribution is 2.27. The van der Waals surface area contributed by atoms with E-state index >= 15 is 0 Å². The first-order valence-corrected chi connectivity index (χ1v) is 5.78. The van der Waals surface area contributed by atoms with Crippen molar-refractivity contribution in [3.63, 3.8) is 0 Å². The van der Waals surface area contributed by atoms with Gasteiger partial charge in [0.15, 0.2) is 6.29 Å². The van der Waals surface area contributed by atoms with Crippen molar-refractivity contribution in [2.24, 2.45) is 0 Å². The quantitative estimate of drug-likeness (QED) is 0.513. The molecule has 2 aromatic rings. The van der Waals surface area contributed by atoms with Crippen molar-refractivity contribution in [2.45, 2.75) is 0 Å². The van der Waals surface area contributed by atoms with E-state index in [-0.39, 0.29) is 22.1 Å². The largest absolute Gasteiger partial charge is 0.356 e. The molecule has 20 heavy (non-hydrogen) atoms. The molecule has 0 aliphatic carbocycles. The molecule has 2 rings (SSSR count). The Hall–Kier alpha value is -2.67. The highest BCUT2D eigenvalue weighted by molar-refractivity contribution is 6.32. The number of nitro benzene ring substituents is 1. The molecule has 0 saturated heterocycles. The summed E-state index contributed by atoms with van der Waals surface area (Å²) in [6.07, 6.45) is 1.98. The monoisotopic (exact) mass is 293 g/mol. The molecule has 0 radical (unpaired) electrons. The summed E-state index contributed by atoms with van der Waals surface area (Å²) in [6.45, 7) is 0. The van der Waals surface area contributed by atoms with Gasteiger partial charge in [-0.15, -0.1) is 0 Å². The fourth-order valence-corrected chi connectivity index (χ4v) is 1.73. The zero-order chi connectivity index (χ0) is 14.7. The number of H-pyrrole nitrogens is 1. The lowest BCUT2D eigenvalue weighted by molar-refractivity contribution is -0.384. The number of amides is 1. The van der Waals surface area contributed by atoms with Crippen molar-refractivity contribution in [2.75, 3.05) is 5.32 Å². The molecule has 0 aliphatic rings. The second-order valence-corrected chi connectivity index (χ2v) is 4.25. The van der Waals surface area contributed by atoms with Crippen LogP contribution in [0.4, 0.5) is 11.4 Å². The van der Waals surface area contributed by atoms with Crippen LogP contribution in [0.1, 0.15) is 20.8 Å². The van der Waals surface area contributed by atoms with Crippen molar-refractivity contribution in [3.8, 4) is 0 Å². The molecule has 0 unspecified atom stereocenters. The average Bonchev–Trinajstić information content (AvgIpc) is 2.89. The van der Waals surface area contributed by atoms with E-state index in [2.05, 4.69) is 10.3 Å². The van der Waals surface area contributed by atoms with Gasteiger partial charge in [0, 0.05) is 23.5 Å². The average molecular weight is 294 g/mol. The van der Waals surface area contributed by atoms with Crippen molar-refractivity contribution in [1.82, 2.24) is 4.98 Å². The summed E-state index contributed by atoms with van der Waals surface area (Å²) in [7, 11) is 0. The van der Waals surface area contributed by atoms with Gasteiger partial charge in [-0.25, -0.2) is 0 Å². The predicted molar refractivity (Wildman–Crippen MR) is 72.2 cm³/mol. The number of aromatic nitrogens is 1. The first-order chi connectivity index (χ1) is 9.51. The van der Waals surface area contributed by atoms with Gasteiger partial charge in [-0.3, -0.25) is 19.7 Å². The summed E-state index contributed by atoms with van der Waals surface area (Å²) in [5.41, 5.74) is 0.430. The summed E-state index contributed by atoms with van der Waals surface area (Å²) in [5.74, 6) is -0.519. The molecule has 0 saturated carbocycles. The summed E-state index contributed by atoms with van der Waals surface area (Å²) in [5, 5.41) is 13.2. The zero-order valence-corrected chi connectivity index (χ0v) is 10.7. The smallest absolute Gasteiger partial charge is 0.289 e. The number of hydrogen-bond donors (Lipinski definition) is 2. The van der Waals surface area contributed by atoms with Gasteiger partial charge >= 0.3 is 0 Å². The van der Waals surface area contributed by atoms with Gasteiger partial charge < -0.3 is 10.3 Å². The summed E-state index contributed by atoms with van der Waals surface area (Å²) in [6, 6.07) is 5.29. The molecule has 0 atom stereocenters. The first-order valence-electron chi connectivity index (χ1n) is 5.40. The minimum Gasteiger partial charge on any atom is -0.356 e. The van der Waals surface area contributed by atoms with Crippen LogP contribution in [0.5, 0.6) is 0 Å². The molecular formula is C12H8ClN3O4. The molecule has 0 bridgehead atoms. The predicted octanol–water partition coefficient (Wildman–Crippen LogP) is 2.64. The van der Waals surface area contributed by atoms with Gasteiger partial charge in [-0.05, 0) is 18.2 Å². The number of nitro groups is 1. The summed E-state index contributed by atoms with van der Waals surface area (Å²) in [4.78, 5) is 35.1. The minimum absolute atomic E-state index is 0.0175. The van der Waals surface area contributed by atoms with Gasteiger partial charge in [-0.1, -0.05) is 11.6 Å². The zero-order valence-electron chi connectivity index (χ0n) is 9.92. The van der Waals surface area contributed by atoms with Gasteiger partial charge in [-0.2, -0.15) is 0 Å². The second-order valence-electron chi connectivity index (χ2n) is 3.84. The second kappa shape index (κ2) is 5.54. The van der Waals surface area contributed by atoms with Crippen LogP contribution in [-0.4, -0.2) is 22.1 Å². The van der Waals surface area contributed by atoms with Crippen LogP contribution in [0, 0.1) is 10.1 Å². The van der Waals surface area contributed by atoms with Gasteiger partial charge in [0.1, 0.15) is 10.7 Å². The highest BCUT2D eigenvalue weighted by atomic mass is 35.5. The summed E-state index contributed by atoms with van der Waals surface area (Å²) >= 11 is 5.67. The van der Waals surface area contributed by atoms with Crippen LogP contribution in [0.3, 0.4) is 0 Å². The van der Waals surface area contributed by atoms with Gasteiger partial charge in [0.2, 0.25) is 0 Å². The summed E-state index contributed by atoms with van der Waals surface area (Å²) < 4.78 is 0. The number of carbonyl (C=O) groups is 2. The van der Waals surface area contributed by atoms with Crippen LogP contribution in [0.15, 0.2) is 30.5 Å². The SMILES string of the molecule is O=Cc1c[nH]c(C(=O)Nc2ccc(Cl)c([N+](=O)[O-])c2)c1. The molecule has 102 valence electrons. The Balaban J connectivity index is 2.21. The van der Waals surface area contributed by atoms with Crippen LogP contribution >= 0.6 is 11.6 Å². The van der Waals surface area contributed by atoms with Crippen LogP contribution in [-0.2, 0) is 0 Å². The lowest BCUT2D eigenvalue weighted by Gasteiger charge is -2.04. The number of hydrogen-bond acceptors (Lipinski definition) is 4. The number of nitrogens with zero attached hydrogens (tertiary/aromatic N) is 1. The third-order valence-electron chi connectivity index (χ3n) is 2.49. The minimum atomic E-state index is -0.642. The maximum Gasteiger partial charge on any atom is 0.289 e. The Morgan fingerprint density at radius 2 is 2.15 bits per heavy atom. The van der Waals surface area contributed by atoms with E-state index in [0.29, 0.717) is 11.8 Å². The Morgan fingerprint density at radius 3 is 2.75 bits per heavy atom. The Bertz CT molecular complexity index is 696. The Labute approximate surface area is 117 Å². The third kappa shape index (κ3) is 2.83. The Morgan fingerprint density at radius 1 is 1.40 bits per heavy atom. The van der Waals surface area contributed by atoms with Crippen molar-refractivity contribution < 1.29 is 14.5 Å². The van der Waals surface area contributed by atoms with Crippen LogP contribution in [0.2, 0.25) is 5.02 Å². The standard InChI is InChI=1S/C12H8ClN3O4/c13-9-2-1-8(4-11(9)16(19)20)15-12(18)10-3-7(6-17)5-14-10/h1-6,14H,(H,15,18). The fraction of sp³-hybridized carbons (Fsp3) is 0. The molecule has 7 nitrogen and oxygen atoms in total. The molecule has 0 fully saturated rings. The van der Waals surface area contributed by atoms with E-state index in [1.165, 1.54) is 24.4 Å². The molecule has 1 aromatic heterocycles. The van der Waals surface area contributed by atoms with E-state index in [1.807, 2.05) is 0 Å². The van der Waals surface area contributed by atoms with Gasteiger partial charge in [0.25, 0.3) is 11.6 Å². The van der Waals surface area contributed by atoms with Crippen LogP contribution < -0.4 is 5.32 Å². The fourth-order valence-electron chi connectivity index (χ4n) is 1.54. The maximum atomic E-state index is 11.8.